The van der Waals surface area contributed by atoms with Gasteiger partial charge >= 0.3 is 5.97 Å². The molecule has 1 fully saturated rings. The Morgan fingerprint density at radius 3 is 2.65 bits per heavy atom. The summed E-state index contributed by atoms with van der Waals surface area (Å²) in [6.07, 6.45) is 3.83. The molecule has 126 valence electrons. The quantitative estimate of drug-likeness (QED) is 0.450. The summed E-state index contributed by atoms with van der Waals surface area (Å²) in [7, 11) is 1.41. The molecular weight excluding hydrogens is 304 g/mol. The van der Waals surface area contributed by atoms with Crippen molar-refractivity contribution in [3.05, 3.63) is 22.4 Å². The number of esters is 1. The number of hydrogen-bond acceptors (Lipinski definition) is 7. The summed E-state index contributed by atoms with van der Waals surface area (Å²) < 4.78 is 15.9. The molecular formula is C15H20N2O6. The minimum atomic E-state index is -0.538. The van der Waals surface area contributed by atoms with Crippen molar-refractivity contribution < 1.29 is 23.9 Å². The number of pyridine rings is 1. The molecule has 8 heteroatoms. The molecule has 0 saturated heterocycles. The number of carbonyl (C=O) groups is 1. The normalized spacial score (nSPS) is 20.6. The van der Waals surface area contributed by atoms with E-state index in [2.05, 4.69) is 4.98 Å². The van der Waals surface area contributed by atoms with E-state index in [0.717, 1.165) is 6.20 Å². The number of nitro groups is 1. The average Bonchev–Trinajstić information content (AvgIpc) is 2.56. The van der Waals surface area contributed by atoms with Crippen LogP contribution >= 0.6 is 0 Å². The fraction of sp³-hybridized carbons (Fsp3) is 0.600. The highest BCUT2D eigenvalue weighted by molar-refractivity contribution is 5.72. The van der Waals surface area contributed by atoms with Gasteiger partial charge in [0.2, 0.25) is 0 Å². The first kappa shape index (κ1) is 17.0. The van der Waals surface area contributed by atoms with Gasteiger partial charge in [-0.2, -0.15) is 0 Å². The molecule has 1 aliphatic rings. The van der Waals surface area contributed by atoms with Crippen LogP contribution in [0.2, 0.25) is 0 Å². The Labute approximate surface area is 133 Å². The van der Waals surface area contributed by atoms with Crippen LogP contribution in [0.3, 0.4) is 0 Å². The Balaban J connectivity index is 1.96. The second-order valence-electron chi connectivity index (χ2n) is 5.30. The highest BCUT2D eigenvalue weighted by atomic mass is 16.6. The molecule has 0 amide bonds. The predicted octanol–water partition coefficient (Wildman–Crippen LogP) is 2.50. The van der Waals surface area contributed by atoms with Gasteiger partial charge in [0.15, 0.2) is 5.75 Å². The van der Waals surface area contributed by atoms with Crippen molar-refractivity contribution in [1.82, 2.24) is 4.98 Å². The second kappa shape index (κ2) is 7.75. The van der Waals surface area contributed by atoms with Crippen molar-refractivity contribution in [2.24, 2.45) is 5.92 Å². The van der Waals surface area contributed by atoms with Crippen LogP contribution in [0.4, 0.5) is 5.69 Å². The Kier molecular flexibility index (Phi) is 5.72. The van der Waals surface area contributed by atoms with E-state index in [1.165, 1.54) is 13.2 Å². The number of nitrogens with zero attached hydrogens (tertiary/aromatic N) is 2. The maximum atomic E-state index is 11.7. The molecule has 1 aromatic heterocycles. The van der Waals surface area contributed by atoms with E-state index in [1.54, 1.807) is 6.92 Å². The van der Waals surface area contributed by atoms with E-state index in [9.17, 15) is 14.9 Å². The van der Waals surface area contributed by atoms with Gasteiger partial charge in [-0.15, -0.1) is 0 Å². The maximum Gasteiger partial charge on any atom is 0.308 e. The molecule has 1 saturated carbocycles. The molecule has 0 aliphatic heterocycles. The molecule has 1 heterocycles. The van der Waals surface area contributed by atoms with E-state index >= 15 is 0 Å². The van der Waals surface area contributed by atoms with Gasteiger partial charge in [0.1, 0.15) is 12.3 Å². The molecule has 0 atom stereocenters. The fourth-order valence-electron chi connectivity index (χ4n) is 2.59. The molecule has 0 bridgehead atoms. The smallest absolute Gasteiger partial charge is 0.308 e. The lowest BCUT2D eigenvalue weighted by Crippen LogP contribution is -2.29. The Hall–Kier alpha value is -2.38. The topological polar surface area (TPSA) is 101 Å². The maximum absolute atomic E-state index is 11.7. The molecule has 1 aliphatic carbocycles. The van der Waals surface area contributed by atoms with Gasteiger partial charge in [-0.1, -0.05) is 0 Å². The van der Waals surface area contributed by atoms with Gasteiger partial charge in [0.25, 0.3) is 11.6 Å². The molecule has 2 rings (SSSR count). The zero-order valence-corrected chi connectivity index (χ0v) is 13.2. The van der Waals surface area contributed by atoms with E-state index in [1.807, 2.05) is 0 Å². The summed E-state index contributed by atoms with van der Waals surface area (Å²) in [5.41, 5.74) is -0.153. The fourth-order valence-corrected chi connectivity index (χ4v) is 2.59. The van der Waals surface area contributed by atoms with Gasteiger partial charge in [0.05, 0.1) is 30.6 Å². The van der Waals surface area contributed by atoms with Gasteiger partial charge in [0, 0.05) is 0 Å². The SMILES string of the molecule is CCOC(=O)C1CCC(Oc2ncc([N+](=O)[O-])cc2OC)CC1. The summed E-state index contributed by atoms with van der Waals surface area (Å²) >= 11 is 0. The minimum absolute atomic E-state index is 0.0819. The predicted molar refractivity (Wildman–Crippen MR) is 80.5 cm³/mol. The first-order chi connectivity index (χ1) is 11.0. The van der Waals surface area contributed by atoms with Crippen LogP contribution in [-0.2, 0) is 9.53 Å². The van der Waals surface area contributed by atoms with Crippen molar-refractivity contribution in [3.8, 4) is 11.6 Å². The van der Waals surface area contributed by atoms with Crippen LogP contribution in [0.5, 0.6) is 11.6 Å². The standard InChI is InChI=1S/C15H20N2O6/c1-3-22-15(18)10-4-6-12(7-5-10)23-14-13(21-2)8-11(9-16-14)17(19)20/h8-10,12H,3-7H2,1-2H3. The first-order valence-corrected chi connectivity index (χ1v) is 7.56. The van der Waals surface area contributed by atoms with Crippen LogP contribution < -0.4 is 9.47 Å². The molecule has 0 radical (unpaired) electrons. The van der Waals surface area contributed by atoms with Crippen molar-refractivity contribution in [2.45, 2.75) is 38.7 Å². The molecule has 1 aromatic rings. The van der Waals surface area contributed by atoms with Crippen LogP contribution in [-0.4, -0.2) is 35.7 Å². The molecule has 8 nitrogen and oxygen atoms in total. The third-order valence-corrected chi connectivity index (χ3v) is 3.81. The Morgan fingerprint density at radius 1 is 1.39 bits per heavy atom. The van der Waals surface area contributed by atoms with Gasteiger partial charge in [-0.3, -0.25) is 14.9 Å². The number of aromatic nitrogens is 1. The summed E-state index contributed by atoms with van der Waals surface area (Å²) in [4.78, 5) is 25.9. The van der Waals surface area contributed by atoms with E-state index < -0.39 is 4.92 Å². The highest BCUT2D eigenvalue weighted by Crippen LogP contribution is 2.33. The average molecular weight is 324 g/mol. The van der Waals surface area contributed by atoms with Crippen molar-refractivity contribution in [2.75, 3.05) is 13.7 Å². The summed E-state index contributed by atoms with van der Waals surface area (Å²) in [6, 6.07) is 1.28. The van der Waals surface area contributed by atoms with Crippen molar-refractivity contribution in [1.29, 1.82) is 0 Å². The molecule has 0 spiro atoms. The van der Waals surface area contributed by atoms with Crippen LogP contribution in [0.1, 0.15) is 32.6 Å². The van der Waals surface area contributed by atoms with Gasteiger partial charge in [-0.05, 0) is 32.6 Å². The number of rotatable bonds is 6. The third kappa shape index (κ3) is 4.30. The van der Waals surface area contributed by atoms with Crippen LogP contribution in [0.15, 0.2) is 12.3 Å². The first-order valence-electron chi connectivity index (χ1n) is 7.56. The Bertz CT molecular complexity index is 569. The van der Waals surface area contributed by atoms with E-state index in [-0.39, 0.29) is 35.3 Å². The van der Waals surface area contributed by atoms with Crippen LogP contribution in [0, 0.1) is 16.0 Å². The van der Waals surface area contributed by atoms with Crippen molar-refractivity contribution in [3.63, 3.8) is 0 Å². The van der Waals surface area contributed by atoms with Gasteiger partial charge < -0.3 is 14.2 Å². The lowest BCUT2D eigenvalue weighted by atomic mass is 9.87. The van der Waals surface area contributed by atoms with Gasteiger partial charge in [-0.25, -0.2) is 4.98 Å². The lowest BCUT2D eigenvalue weighted by molar-refractivity contribution is -0.385. The molecule has 0 aromatic carbocycles. The lowest BCUT2D eigenvalue weighted by Gasteiger charge is -2.27. The summed E-state index contributed by atoms with van der Waals surface area (Å²) in [5.74, 6) is 0.225. The highest BCUT2D eigenvalue weighted by Gasteiger charge is 2.29. The monoisotopic (exact) mass is 324 g/mol. The minimum Gasteiger partial charge on any atom is -0.491 e. The summed E-state index contributed by atoms with van der Waals surface area (Å²) in [5, 5.41) is 10.7. The van der Waals surface area contributed by atoms with E-state index in [4.69, 9.17) is 14.2 Å². The number of methoxy groups -OCH3 is 1. The molecule has 23 heavy (non-hydrogen) atoms. The van der Waals surface area contributed by atoms with Crippen LogP contribution in [0.25, 0.3) is 0 Å². The molecule has 0 N–H and O–H groups in total. The number of hydrogen-bond donors (Lipinski definition) is 0. The largest absolute Gasteiger partial charge is 0.491 e. The number of ether oxygens (including phenoxy) is 3. The zero-order valence-electron chi connectivity index (χ0n) is 13.2. The van der Waals surface area contributed by atoms with Crippen molar-refractivity contribution >= 4 is 11.7 Å². The summed E-state index contributed by atoms with van der Waals surface area (Å²) in [6.45, 7) is 2.18. The Morgan fingerprint density at radius 2 is 2.09 bits per heavy atom. The third-order valence-electron chi connectivity index (χ3n) is 3.81. The zero-order chi connectivity index (χ0) is 16.8. The molecule has 0 unspecified atom stereocenters. The second-order valence-corrected chi connectivity index (χ2v) is 5.30. The van der Waals surface area contributed by atoms with E-state index in [0.29, 0.717) is 32.3 Å². The number of carbonyl (C=O) groups excluding carboxylic acids is 1.